The first-order valence-corrected chi connectivity index (χ1v) is 7.50. The van der Waals surface area contributed by atoms with Gasteiger partial charge in [0.05, 0.1) is 0 Å². The van der Waals surface area contributed by atoms with E-state index in [1.165, 1.54) is 5.56 Å². The molecule has 98 valence electrons. The molecule has 18 heavy (non-hydrogen) atoms. The maximum absolute atomic E-state index is 12.1. The van der Waals surface area contributed by atoms with Crippen LogP contribution in [0.15, 0.2) is 24.3 Å². The Hall–Kier alpha value is -1.00. The van der Waals surface area contributed by atoms with Crippen molar-refractivity contribution in [1.82, 2.24) is 0 Å². The Morgan fingerprint density at radius 2 is 2.17 bits per heavy atom. The van der Waals surface area contributed by atoms with Crippen LogP contribution in [0.25, 0.3) is 0 Å². The van der Waals surface area contributed by atoms with E-state index >= 15 is 0 Å². The molecule has 0 spiro atoms. The molecule has 0 aliphatic carbocycles. The van der Waals surface area contributed by atoms with E-state index in [-0.39, 0.29) is 5.91 Å². The van der Waals surface area contributed by atoms with Crippen LogP contribution in [-0.4, -0.2) is 28.1 Å². The molecule has 0 atom stereocenters. The number of anilines is 1. The largest absolute Gasteiger partial charge is 0.380 e. The standard InChI is InChI=1S/C14H19NO2S/c1-2-11-4-3-5-12(10-11)15-13(16)14(17)6-8-18-9-7-14/h3-5,10,17H,2,6-9H2,1H3,(H,15,16). The van der Waals surface area contributed by atoms with Crippen LogP contribution in [0.2, 0.25) is 0 Å². The third-order valence-corrected chi connectivity index (χ3v) is 4.32. The molecule has 1 aliphatic rings. The van der Waals surface area contributed by atoms with Gasteiger partial charge in [-0.1, -0.05) is 19.1 Å². The Bertz CT molecular complexity index is 428. The minimum Gasteiger partial charge on any atom is -0.380 e. The molecule has 1 amide bonds. The van der Waals surface area contributed by atoms with Crippen LogP contribution < -0.4 is 5.32 Å². The van der Waals surface area contributed by atoms with Crippen molar-refractivity contribution in [3.8, 4) is 0 Å². The molecule has 1 aromatic carbocycles. The molecule has 0 radical (unpaired) electrons. The summed E-state index contributed by atoms with van der Waals surface area (Å²) in [5, 5.41) is 13.1. The van der Waals surface area contributed by atoms with Gasteiger partial charge in [0.2, 0.25) is 0 Å². The number of rotatable bonds is 3. The fourth-order valence-corrected chi connectivity index (χ4v) is 3.22. The summed E-state index contributed by atoms with van der Waals surface area (Å²) in [4.78, 5) is 12.1. The highest BCUT2D eigenvalue weighted by molar-refractivity contribution is 7.99. The van der Waals surface area contributed by atoms with Crippen LogP contribution in [0.5, 0.6) is 0 Å². The zero-order chi connectivity index (χ0) is 13.0. The molecule has 2 N–H and O–H groups in total. The molecular formula is C14H19NO2S. The van der Waals surface area contributed by atoms with E-state index in [9.17, 15) is 9.90 Å². The first kappa shape index (κ1) is 13.4. The third-order valence-electron chi connectivity index (χ3n) is 3.34. The number of thioether (sulfide) groups is 1. The van der Waals surface area contributed by atoms with E-state index in [2.05, 4.69) is 12.2 Å². The summed E-state index contributed by atoms with van der Waals surface area (Å²) in [5.74, 6) is 1.42. The predicted molar refractivity (Wildman–Crippen MR) is 76.0 cm³/mol. The topological polar surface area (TPSA) is 49.3 Å². The zero-order valence-corrected chi connectivity index (χ0v) is 11.4. The molecule has 0 saturated carbocycles. The van der Waals surface area contributed by atoms with Crippen molar-refractivity contribution in [3.05, 3.63) is 29.8 Å². The Labute approximate surface area is 112 Å². The van der Waals surface area contributed by atoms with Crippen LogP contribution in [-0.2, 0) is 11.2 Å². The Morgan fingerprint density at radius 3 is 2.83 bits per heavy atom. The van der Waals surface area contributed by atoms with Crippen molar-refractivity contribution < 1.29 is 9.90 Å². The van der Waals surface area contributed by atoms with Crippen molar-refractivity contribution >= 4 is 23.4 Å². The van der Waals surface area contributed by atoms with E-state index in [4.69, 9.17) is 0 Å². The van der Waals surface area contributed by atoms with Crippen molar-refractivity contribution in [2.75, 3.05) is 16.8 Å². The van der Waals surface area contributed by atoms with Gasteiger partial charge in [-0.15, -0.1) is 0 Å². The number of hydrogen-bond donors (Lipinski definition) is 2. The van der Waals surface area contributed by atoms with E-state index in [1.807, 2.05) is 24.3 Å². The molecule has 0 unspecified atom stereocenters. The first-order valence-electron chi connectivity index (χ1n) is 6.34. The van der Waals surface area contributed by atoms with Crippen LogP contribution in [0.4, 0.5) is 5.69 Å². The van der Waals surface area contributed by atoms with Gasteiger partial charge < -0.3 is 10.4 Å². The highest BCUT2D eigenvalue weighted by atomic mass is 32.2. The molecule has 1 saturated heterocycles. The number of carbonyl (C=O) groups excluding carboxylic acids is 1. The summed E-state index contributed by atoms with van der Waals surface area (Å²) >= 11 is 1.79. The minimum absolute atomic E-state index is 0.268. The quantitative estimate of drug-likeness (QED) is 0.882. The SMILES string of the molecule is CCc1cccc(NC(=O)C2(O)CCSCC2)c1. The van der Waals surface area contributed by atoms with Gasteiger partial charge in [0.1, 0.15) is 5.60 Å². The lowest BCUT2D eigenvalue weighted by molar-refractivity contribution is -0.134. The fraction of sp³-hybridized carbons (Fsp3) is 0.500. The number of hydrogen-bond acceptors (Lipinski definition) is 3. The lowest BCUT2D eigenvalue weighted by Crippen LogP contribution is -2.45. The van der Waals surface area contributed by atoms with Crippen LogP contribution >= 0.6 is 11.8 Å². The van der Waals surface area contributed by atoms with Crippen LogP contribution in [0.3, 0.4) is 0 Å². The minimum atomic E-state index is -1.19. The first-order chi connectivity index (χ1) is 8.64. The van der Waals surface area contributed by atoms with Crippen molar-refractivity contribution in [2.24, 2.45) is 0 Å². The fourth-order valence-electron chi connectivity index (χ4n) is 2.05. The van der Waals surface area contributed by atoms with Gasteiger partial charge in [-0.05, 0) is 48.5 Å². The normalized spacial score (nSPS) is 18.3. The van der Waals surface area contributed by atoms with E-state index in [1.54, 1.807) is 11.8 Å². The van der Waals surface area contributed by atoms with E-state index < -0.39 is 5.60 Å². The Balaban J connectivity index is 2.05. The average molecular weight is 265 g/mol. The molecule has 1 fully saturated rings. The van der Waals surface area contributed by atoms with Crippen molar-refractivity contribution in [3.63, 3.8) is 0 Å². The maximum atomic E-state index is 12.1. The van der Waals surface area contributed by atoms with Crippen molar-refractivity contribution in [1.29, 1.82) is 0 Å². The average Bonchev–Trinajstić information content (AvgIpc) is 2.40. The predicted octanol–water partition coefficient (Wildman–Crippen LogP) is 2.45. The number of benzene rings is 1. The van der Waals surface area contributed by atoms with Gasteiger partial charge in [-0.25, -0.2) is 0 Å². The summed E-state index contributed by atoms with van der Waals surface area (Å²) in [5.41, 5.74) is 0.762. The third kappa shape index (κ3) is 3.06. The van der Waals surface area contributed by atoms with Gasteiger partial charge in [-0.3, -0.25) is 4.79 Å². The Kier molecular flexibility index (Phi) is 4.30. The number of nitrogens with one attached hydrogen (secondary N) is 1. The van der Waals surface area contributed by atoms with Crippen LogP contribution in [0, 0.1) is 0 Å². The molecular weight excluding hydrogens is 246 g/mol. The number of carbonyl (C=O) groups is 1. The van der Waals surface area contributed by atoms with Crippen LogP contribution in [0.1, 0.15) is 25.3 Å². The maximum Gasteiger partial charge on any atom is 0.256 e. The van der Waals surface area contributed by atoms with Gasteiger partial charge in [0, 0.05) is 5.69 Å². The van der Waals surface area contributed by atoms with Gasteiger partial charge in [-0.2, -0.15) is 11.8 Å². The molecule has 1 aliphatic heterocycles. The van der Waals surface area contributed by atoms with Gasteiger partial charge >= 0.3 is 0 Å². The lowest BCUT2D eigenvalue weighted by atomic mass is 9.95. The molecule has 2 rings (SSSR count). The monoisotopic (exact) mass is 265 g/mol. The second-order valence-corrected chi connectivity index (χ2v) is 5.88. The zero-order valence-electron chi connectivity index (χ0n) is 10.6. The highest BCUT2D eigenvalue weighted by Crippen LogP contribution is 2.28. The lowest BCUT2D eigenvalue weighted by Gasteiger charge is -2.30. The summed E-state index contributed by atoms with van der Waals surface area (Å²) in [6.45, 7) is 2.08. The summed E-state index contributed by atoms with van der Waals surface area (Å²) in [7, 11) is 0. The smallest absolute Gasteiger partial charge is 0.256 e. The summed E-state index contributed by atoms with van der Waals surface area (Å²) < 4.78 is 0. The number of aliphatic hydroxyl groups is 1. The Morgan fingerprint density at radius 1 is 1.44 bits per heavy atom. The van der Waals surface area contributed by atoms with Gasteiger partial charge in [0.15, 0.2) is 0 Å². The number of amides is 1. The van der Waals surface area contributed by atoms with Crippen molar-refractivity contribution in [2.45, 2.75) is 31.8 Å². The molecule has 4 heteroatoms. The second-order valence-electron chi connectivity index (χ2n) is 4.65. The number of aryl methyl sites for hydroxylation is 1. The molecule has 0 aromatic heterocycles. The molecule has 0 bridgehead atoms. The van der Waals surface area contributed by atoms with E-state index in [0.717, 1.165) is 23.6 Å². The molecule has 1 aromatic rings. The summed E-state index contributed by atoms with van der Waals surface area (Å²) in [6, 6.07) is 7.77. The second kappa shape index (κ2) is 5.76. The molecule has 1 heterocycles. The summed E-state index contributed by atoms with van der Waals surface area (Å²) in [6.07, 6.45) is 2.01. The molecule has 3 nitrogen and oxygen atoms in total. The van der Waals surface area contributed by atoms with E-state index in [0.29, 0.717) is 12.8 Å². The van der Waals surface area contributed by atoms with Gasteiger partial charge in [0.25, 0.3) is 5.91 Å². The highest BCUT2D eigenvalue weighted by Gasteiger charge is 2.37.